The Morgan fingerprint density at radius 2 is 1.16 bits per heavy atom. The summed E-state index contributed by atoms with van der Waals surface area (Å²) in [6.07, 6.45) is 0. The molecule has 1 aromatic heterocycles. The van der Waals surface area contributed by atoms with Gasteiger partial charge in [-0.25, -0.2) is 4.98 Å². The molecule has 0 atom stereocenters. The molecular weight excluding hydrogens is 351 g/mol. The molecule has 0 saturated heterocycles. The summed E-state index contributed by atoms with van der Waals surface area (Å²) in [6.45, 7) is 0. The first-order valence-corrected chi connectivity index (χ1v) is 8.63. The molecule has 1 heterocycles. The minimum Gasteiger partial charge on any atom is -0.337 e. The van der Waals surface area contributed by atoms with Crippen molar-refractivity contribution in [3.8, 4) is 33.9 Å². The molecule has 0 aliphatic carbocycles. The highest BCUT2D eigenvalue weighted by atomic mass is 35.5. The Hall–Kier alpha value is -2.55. The second kappa shape index (κ2) is 6.75. The number of halogens is 2. The first-order chi connectivity index (χ1) is 12.2. The molecule has 0 unspecified atom stereocenters. The lowest BCUT2D eigenvalue weighted by atomic mass is 10.1. The molecule has 2 nitrogen and oxygen atoms in total. The third-order valence-electron chi connectivity index (χ3n) is 4.00. The Balaban J connectivity index is 1.89. The van der Waals surface area contributed by atoms with Crippen LogP contribution in [0.4, 0.5) is 0 Å². The van der Waals surface area contributed by atoms with Crippen LogP contribution in [0.15, 0.2) is 78.9 Å². The molecular formula is C21H14Cl2N2. The zero-order chi connectivity index (χ0) is 17.2. The van der Waals surface area contributed by atoms with Gasteiger partial charge in [-0.3, -0.25) is 0 Å². The molecule has 0 amide bonds. The summed E-state index contributed by atoms with van der Waals surface area (Å²) in [7, 11) is 0. The average molecular weight is 365 g/mol. The van der Waals surface area contributed by atoms with Crippen LogP contribution in [0.3, 0.4) is 0 Å². The highest BCUT2D eigenvalue weighted by Gasteiger charge is 2.15. The molecule has 0 saturated carbocycles. The summed E-state index contributed by atoms with van der Waals surface area (Å²) in [4.78, 5) is 8.30. The van der Waals surface area contributed by atoms with Crippen molar-refractivity contribution in [1.29, 1.82) is 0 Å². The summed E-state index contributed by atoms with van der Waals surface area (Å²) in [6, 6.07) is 25.5. The smallest absolute Gasteiger partial charge is 0.138 e. The first-order valence-electron chi connectivity index (χ1n) is 7.88. The summed E-state index contributed by atoms with van der Waals surface area (Å²) >= 11 is 12.0. The van der Waals surface area contributed by atoms with Crippen LogP contribution in [0.5, 0.6) is 0 Å². The molecule has 0 fully saturated rings. The van der Waals surface area contributed by atoms with Crippen molar-refractivity contribution in [1.82, 2.24) is 9.97 Å². The molecule has 0 spiro atoms. The van der Waals surface area contributed by atoms with E-state index in [-0.39, 0.29) is 0 Å². The first kappa shape index (κ1) is 15.9. The van der Waals surface area contributed by atoms with E-state index in [4.69, 9.17) is 28.2 Å². The van der Waals surface area contributed by atoms with E-state index in [1.165, 1.54) is 0 Å². The number of nitrogens with zero attached hydrogens (tertiary/aromatic N) is 1. The Bertz CT molecular complexity index is 989. The third kappa shape index (κ3) is 3.32. The number of hydrogen-bond donors (Lipinski definition) is 1. The molecule has 0 aliphatic rings. The monoisotopic (exact) mass is 364 g/mol. The standard InChI is InChI=1S/C21H14Cl2N2/c22-17-10-6-15(7-11-17)20-19(14-4-2-1-3-5-14)24-21(25-20)16-8-12-18(23)13-9-16/h1-13H,(H,24,25). The van der Waals surface area contributed by atoms with E-state index in [0.717, 1.165) is 33.9 Å². The Morgan fingerprint density at radius 1 is 0.600 bits per heavy atom. The van der Waals surface area contributed by atoms with Gasteiger partial charge >= 0.3 is 0 Å². The van der Waals surface area contributed by atoms with Gasteiger partial charge in [-0.05, 0) is 36.4 Å². The number of H-pyrrole nitrogens is 1. The van der Waals surface area contributed by atoms with Crippen LogP contribution in [0.2, 0.25) is 10.0 Å². The van der Waals surface area contributed by atoms with E-state index >= 15 is 0 Å². The van der Waals surface area contributed by atoms with Crippen LogP contribution in [0.25, 0.3) is 33.9 Å². The predicted molar refractivity (Wildman–Crippen MR) is 105 cm³/mol. The summed E-state index contributed by atoms with van der Waals surface area (Å²) in [5.74, 6) is 0.806. The fraction of sp³-hybridized carbons (Fsp3) is 0. The number of aromatic nitrogens is 2. The average Bonchev–Trinajstić information content (AvgIpc) is 3.09. The SMILES string of the molecule is Clc1ccc(-c2nc(-c3ccccc3)c(-c3ccc(Cl)cc3)[nH]2)cc1. The van der Waals surface area contributed by atoms with Crippen LogP contribution in [0.1, 0.15) is 0 Å². The molecule has 0 aliphatic heterocycles. The fourth-order valence-corrected chi connectivity index (χ4v) is 3.00. The van der Waals surface area contributed by atoms with Gasteiger partial charge in [0.25, 0.3) is 0 Å². The minimum atomic E-state index is 0.705. The van der Waals surface area contributed by atoms with Crippen molar-refractivity contribution in [2.24, 2.45) is 0 Å². The van der Waals surface area contributed by atoms with Gasteiger partial charge < -0.3 is 4.98 Å². The van der Waals surface area contributed by atoms with Crippen LogP contribution in [-0.4, -0.2) is 9.97 Å². The Labute approximate surface area is 156 Å². The van der Waals surface area contributed by atoms with Crippen LogP contribution in [0, 0.1) is 0 Å². The topological polar surface area (TPSA) is 28.7 Å². The lowest BCUT2D eigenvalue weighted by molar-refractivity contribution is 1.31. The maximum absolute atomic E-state index is 6.03. The van der Waals surface area contributed by atoms with Crippen LogP contribution >= 0.6 is 23.2 Å². The molecule has 1 N–H and O–H groups in total. The Kier molecular flexibility index (Phi) is 4.31. The minimum absolute atomic E-state index is 0.705. The predicted octanol–water partition coefficient (Wildman–Crippen LogP) is 6.72. The van der Waals surface area contributed by atoms with Crippen molar-refractivity contribution < 1.29 is 0 Å². The number of aromatic amines is 1. The third-order valence-corrected chi connectivity index (χ3v) is 4.51. The summed E-state index contributed by atoms with van der Waals surface area (Å²) < 4.78 is 0. The number of rotatable bonds is 3. The van der Waals surface area contributed by atoms with Crippen molar-refractivity contribution in [2.45, 2.75) is 0 Å². The quantitative estimate of drug-likeness (QED) is 0.429. The van der Waals surface area contributed by atoms with E-state index in [9.17, 15) is 0 Å². The van der Waals surface area contributed by atoms with Crippen molar-refractivity contribution in [2.75, 3.05) is 0 Å². The second-order valence-electron chi connectivity index (χ2n) is 5.69. The van der Waals surface area contributed by atoms with Crippen molar-refractivity contribution in [3.63, 3.8) is 0 Å². The van der Waals surface area contributed by atoms with Gasteiger partial charge in [0, 0.05) is 26.7 Å². The van der Waals surface area contributed by atoms with Gasteiger partial charge in [-0.15, -0.1) is 0 Å². The van der Waals surface area contributed by atoms with E-state index < -0.39 is 0 Å². The highest BCUT2D eigenvalue weighted by molar-refractivity contribution is 6.30. The van der Waals surface area contributed by atoms with E-state index in [1.54, 1.807) is 0 Å². The number of nitrogens with one attached hydrogen (secondary N) is 1. The molecule has 0 radical (unpaired) electrons. The van der Waals surface area contributed by atoms with Crippen molar-refractivity contribution in [3.05, 3.63) is 88.9 Å². The molecule has 0 bridgehead atoms. The van der Waals surface area contributed by atoms with Gasteiger partial charge in [-0.1, -0.05) is 65.7 Å². The Morgan fingerprint density at radius 3 is 1.76 bits per heavy atom. The second-order valence-corrected chi connectivity index (χ2v) is 6.56. The molecule has 3 aromatic carbocycles. The largest absolute Gasteiger partial charge is 0.337 e. The van der Waals surface area contributed by atoms with E-state index in [0.29, 0.717) is 10.0 Å². The van der Waals surface area contributed by atoms with E-state index in [2.05, 4.69) is 17.1 Å². The number of benzene rings is 3. The summed E-state index contributed by atoms with van der Waals surface area (Å²) in [5.41, 5.74) is 4.96. The van der Waals surface area contributed by atoms with E-state index in [1.807, 2.05) is 66.7 Å². The van der Waals surface area contributed by atoms with Gasteiger partial charge in [0.1, 0.15) is 5.82 Å². The van der Waals surface area contributed by atoms with Gasteiger partial charge in [0.2, 0.25) is 0 Å². The zero-order valence-corrected chi connectivity index (χ0v) is 14.7. The van der Waals surface area contributed by atoms with Gasteiger partial charge in [-0.2, -0.15) is 0 Å². The zero-order valence-electron chi connectivity index (χ0n) is 13.2. The van der Waals surface area contributed by atoms with Crippen LogP contribution in [-0.2, 0) is 0 Å². The van der Waals surface area contributed by atoms with Crippen molar-refractivity contribution >= 4 is 23.2 Å². The highest BCUT2D eigenvalue weighted by Crippen LogP contribution is 2.33. The maximum Gasteiger partial charge on any atom is 0.138 e. The molecule has 122 valence electrons. The number of hydrogen-bond acceptors (Lipinski definition) is 1. The lowest BCUT2D eigenvalue weighted by Crippen LogP contribution is -1.83. The van der Waals surface area contributed by atoms with Gasteiger partial charge in [0.15, 0.2) is 0 Å². The maximum atomic E-state index is 6.03. The van der Waals surface area contributed by atoms with Gasteiger partial charge in [0.05, 0.1) is 11.4 Å². The molecule has 25 heavy (non-hydrogen) atoms. The molecule has 4 heteroatoms. The van der Waals surface area contributed by atoms with Crippen LogP contribution < -0.4 is 0 Å². The molecule has 4 rings (SSSR count). The molecule has 4 aromatic rings. The normalized spacial score (nSPS) is 10.8. The number of imidazole rings is 1. The lowest BCUT2D eigenvalue weighted by Gasteiger charge is -2.03. The fourth-order valence-electron chi connectivity index (χ4n) is 2.75. The summed E-state index contributed by atoms with van der Waals surface area (Å²) in [5, 5.41) is 1.42.